The molecular weight excluding hydrogens is 232 g/mol. The topological polar surface area (TPSA) is 74.6 Å². The lowest BCUT2D eigenvalue weighted by atomic mass is 9.94. The highest BCUT2D eigenvalue weighted by molar-refractivity contribution is 6.08. The number of phenols is 1. The van der Waals surface area contributed by atoms with E-state index < -0.39 is 5.97 Å². The number of hydrogen-bond donors (Lipinski definition) is 2. The number of rotatable bonds is 4. The summed E-state index contributed by atoms with van der Waals surface area (Å²) in [7, 11) is 0. The number of carboxylic acid groups (broad SMARTS) is 1. The zero-order valence-electron chi connectivity index (χ0n) is 10.6. The fraction of sp³-hybridized carbons (Fsp3) is 0.286. The number of aryl methyl sites for hydroxylation is 1. The smallest absolute Gasteiger partial charge is 0.328 e. The number of aliphatic carboxylic acids is 1. The van der Waals surface area contributed by atoms with E-state index >= 15 is 0 Å². The molecule has 0 amide bonds. The van der Waals surface area contributed by atoms with Crippen LogP contribution in [0.4, 0.5) is 0 Å². The molecule has 0 saturated heterocycles. The van der Waals surface area contributed by atoms with Crippen LogP contribution in [0, 0.1) is 6.92 Å². The Morgan fingerprint density at radius 1 is 1.22 bits per heavy atom. The van der Waals surface area contributed by atoms with E-state index in [0.717, 1.165) is 12.2 Å². The predicted octanol–water partition coefficient (Wildman–Crippen LogP) is 2.65. The molecule has 0 atom stereocenters. The van der Waals surface area contributed by atoms with Gasteiger partial charge in [-0.05, 0) is 42.2 Å². The molecule has 4 nitrogen and oxygen atoms in total. The number of aromatic hydroxyl groups is 1. The first-order valence-corrected chi connectivity index (χ1v) is 5.61. The molecule has 1 aromatic carbocycles. The van der Waals surface area contributed by atoms with Crippen molar-refractivity contribution in [3.63, 3.8) is 0 Å². The second-order valence-electron chi connectivity index (χ2n) is 4.42. The lowest BCUT2D eigenvalue weighted by Gasteiger charge is -2.12. The van der Waals surface area contributed by atoms with Gasteiger partial charge in [-0.1, -0.05) is 13.8 Å². The quantitative estimate of drug-likeness (QED) is 0.634. The summed E-state index contributed by atoms with van der Waals surface area (Å²) in [5.74, 6) is -1.30. The van der Waals surface area contributed by atoms with Crippen LogP contribution in [0.15, 0.2) is 24.3 Å². The molecule has 0 bridgehead atoms. The Morgan fingerprint density at radius 2 is 1.83 bits per heavy atom. The fourth-order valence-corrected chi connectivity index (χ4v) is 1.67. The number of carbonyl (C=O) groups is 2. The SMILES string of the molecule is Cc1cc(O)c(C(C)C)cc1C(=O)/C=C/C(=O)O. The maximum atomic E-state index is 11.8. The summed E-state index contributed by atoms with van der Waals surface area (Å²) in [6.07, 6.45) is 1.83. The third-order valence-corrected chi connectivity index (χ3v) is 2.64. The van der Waals surface area contributed by atoms with Crippen molar-refractivity contribution in [2.45, 2.75) is 26.7 Å². The number of allylic oxidation sites excluding steroid dienone is 1. The minimum Gasteiger partial charge on any atom is -0.508 e. The lowest BCUT2D eigenvalue weighted by molar-refractivity contribution is -0.131. The molecule has 0 spiro atoms. The minimum atomic E-state index is -1.16. The van der Waals surface area contributed by atoms with E-state index in [4.69, 9.17) is 5.11 Å². The van der Waals surface area contributed by atoms with Crippen LogP contribution in [0.3, 0.4) is 0 Å². The average molecular weight is 248 g/mol. The summed E-state index contributed by atoms with van der Waals surface area (Å²) in [5.41, 5.74) is 1.71. The van der Waals surface area contributed by atoms with E-state index in [-0.39, 0.29) is 17.5 Å². The number of phenolic OH excluding ortho intramolecular Hbond substituents is 1. The van der Waals surface area contributed by atoms with Crippen LogP contribution >= 0.6 is 0 Å². The summed E-state index contributed by atoms with van der Waals surface area (Å²) >= 11 is 0. The molecule has 0 saturated carbocycles. The number of carboxylic acids is 1. The highest BCUT2D eigenvalue weighted by Gasteiger charge is 2.13. The Hall–Kier alpha value is -2.10. The summed E-state index contributed by atoms with van der Waals surface area (Å²) in [5, 5.41) is 18.2. The molecule has 0 aromatic heterocycles. The Labute approximate surface area is 106 Å². The molecule has 0 aliphatic rings. The van der Waals surface area contributed by atoms with Crippen LogP contribution in [0.1, 0.15) is 41.3 Å². The Morgan fingerprint density at radius 3 is 2.33 bits per heavy atom. The van der Waals surface area contributed by atoms with E-state index in [1.54, 1.807) is 13.0 Å². The van der Waals surface area contributed by atoms with E-state index in [1.165, 1.54) is 6.07 Å². The summed E-state index contributed by atoms with van der Waals surface area (Å²) in [6.45, 7) is 5.52. The van der Waals surface area contributed by atoms with Gasteiger partial charge in [0.05, 0.1) is 0 Å². The molecular formula is C14H16O4. The van der Waals surface area contributed by atoms with E-state index in [2.05, 4.69) is 0 Å². The second-order valence-corrected chi connectivity index (χ2v) is 4.42. The van der Waals surface area contributed by atoms with Gasteiger partial charge in [0.2, 0.25) is 0 Å². The van der Waals surface area contributed by atoms with Crippen LogP contribution in [0.5, 0.6) is 5.75 Å². The van der Waals surface area contributed by atoms with Crippen molar-refractivity contribution >= 4 is 11.8 Å². The molecule has 2 N–H and O–H groups in total. The van der Waals surface area contributed by atoms with Crippen molar-refractivity contribution in [1.82, 2.24) is 0 Å². The predicted molar refractivity (Wildman–Crippen MR) is 68.0 cm³/mol. The standard InChI is InChI=1S/C14H16O4/c1-8(2)10-7-11(9(3)6-13(10)16)12(15)4-5-14(17)18/h4-8,16H,1-3H3,(H,17,18)/b5-4+. The maximum absolute atomic E-state index is 11.8. The van der Waals surface area contributed by atoms with Gasteiger partial charge in [-0.2, -0.15) is 0 Å². The van der Waals surface area contributed by atoms with Gasteiger partial charge in [-0.25, -0.2) is 4.79 Å². The maximum Gasteiger partial charge on any atom is 0.328 e. The average Bonchev–Trinajstić information content (AvgIpc) is 2.25. The van der Waals surface area contributed by atoms with Crippen LogP contribution in [-0.4, -0.2) is 22.0 Å². The fourth-order valence-electron chi connectivity index (χ4n) is 1.67. The summed E-state index contributed by atoms with van der Waals surface area (Å²) in [4.78, 5) is 22.2. The van der Waals surface area contributed by atoms with Crippen LogP contribution in [0.2, 0.25) is 0 Å². The monoisotopic (exact) mass is 248 g/mol. The number of hydrogen-bond acceptors (Lipinski definition) is 3. The Bertz CT molecular complexity index is 513. The van der Waals surface area contributed by atoms with Crippen molar-refractivity contribution in [2.75, 3.05) is 0 Å². The van der Waals surface area contributed by atoms with Crippen molar-refractivity contribution in [2.24, 2.45) is 0 Å². The summed E-state index contributed by atoms with van der Waals surface area (Å²) < 4.78 is 0. The van der Waals surface area contributed by atoms with Crippen molar-refractivity contribution in [3.8, 4) is 5.75 Å². The van der Waals surface area contributed by atoms with E-state index in [1.807, 2.05) is 13.8 Å². The Balaban J connectivity index is 3.20. The molecule has 1 aromatic rings. The van der Waals surface area contributed by atoms with Gasteiger partial charge >= 0.3 is 5.97 Å². The zero-order chi connectivity index (χ0) is 13.9. The highest BCUT2D eigenvalue weighted by atomic mass is 16.4. The normalized spacial score (nSPS) is 11.1. The third kappa shape index (κ3) is 3.20. The molecule has 0 aliphatic carbocycles. The minimum absolute atomic E-state index is 0.0839. The van der Waals surface area contributed by atoms with E-state index in [9.17, 15) is 14.7 Å². The largest absolute Gasteiger partial charge is 0.508 e. The zero-order valence-corrected chi connectivity index (χ0v) is 10.6. The van der Waals surface area contributed by atoms with Crippen molar-refractivity contribution < 1.29 is 19.8 Å². The van der Waals surface area contributed by atoms with Gasteiger partial charge in [-0.3, -0.25) is 4.79 Å². The van der Waals surface area contributed by atoms with Gasteiger partial charge in [-0.15, -0.1) is 0 Å². The van der Waals surface area contributed by atoms with Gasteiger partial charge in [0.25, 0.3) is 0 Å². The van der Waals surface area contributed by atoms with Gasteiger partial charge < -0.3 is 10.2 Å². The number of carbonyl (C=O) groups excluding carboxylic acids is 1. The summed E-state index contributed by atoms with van der Waals surface area (Å²) in [6, 6.07) is 3.14. The lowest BCUT2D eigenvalue weighted by Crippen LogP contribution is -2.02. The first kappa shape index (κ1) is 14.0. The molecule has 96 valence electrons. The second kappa shape index (κ2) is 5.49. The van der Waals surface area contributed by atoms with Gasteiger partial charge in [0, 0.05) is 11.6 Å². The molecule has 1 rings (SSSR count). The molecule has 0 fully saturated rings. The number of benzene rings is 1. The molecule has 0 heterocycles. The molecule has 0 radical (unpaired) electrons. The van der Waals surface area contributed by atoms with Crippen LogP contribution < -0.4 is 0 Å². The van der Waals surface area contributed by atoms with E-state index in [0.29, 0.717) is 16.7 Å². The first-order valence-electron chi connectivity index (χ1n) is 5.61. The van der Waals surface area contributed by atoms with Crippen molar-refractivity contribution in [3.05, 3.63) is 41.0 Å². The van der Waals surface area contributed by atoms with Gasteiger partial charge in [0.15, 0.2) is 5.78 Å². The first-order chi connectivity index (χ1) is 8.32. The molecule has 0 aliphatic heterocycles. The molecule has 0 unspecified atom stereocenters. The number of ketones is 1. The van der Waals surface area contributed by atoms with Crippen molar-refractivity contribution in [1.29, 1.82) is 0 Å². The highest BCUT2D eigenvalue weighted by Crippen LogP contribution is 2.28. The molecule has 18 heavy (non-hydrogen) atoms. The van der Waals surface area contributed by atoms with Crippen LogP contribution in [0.25, 0.3) is 0 Å². The Kier molecular flexibility index (Phi) is 4.26. The molecule has 4 heteroatoms. The van der Waals surface area contributed by atoms with Gasteiger partial charge in [0.1, 0.15) is 5.75 Å². The third-order valence-electron chi connectivity index (χ3n) is 2.64. The van der Waals surface area contributed by atoms with Crippen LogP contribution in [-0.2, 0) is 4.79 Å².